The summed E-state index contributed by atoms with van der Waals surface area (Å²) in [4.78, 5) is 0.317. The third kappa shape index (κ3) is 3.31. The summed E-state index contributed by atoms with van der Waals surface area (Å²) in [6.45, 7) is 2.43. The third-order valence-electron chi connectivity index (χ3n) is 4.34. The first-order valence-electron chi connectivity index (χ1n) is 7.82. The predicted molar refractivity (Wildman–Crippen MR) is 88.1 cm³/mol. The molecule has 0 radical (unpaired) electrons. The second-order valence-electron chi connectivity index (χ2n) is 5.99. The van der Waals surface area contributed by atoms with Gasteiger partial charge >= 0.3 is 0 Å². The smallest absolute Gasteiger partial charge is 0.207 e. The van der Waals surface area contributed by atoms with E-state index in [4.69, 9.17) is 0 Å². The van der Waals surface area contributed by atoms with Crippen LogP contribution in [0.2, 0.25) is 0 Å². The van der Waals surface area contributed by atoms with E-state index >= 15 is 0 Å². The molecule has 0 aliphatic carbocycles. The first-order valence-corrected chi connectivity index (χ1v) is 9.26. The molecule has 1 aliphatic rings. The maximum Gasteiger partial charge on any atom is 0.243 e. The fourth-order valence-electron chi connectivity index (χ4n) is 3.06. The molecule has 1 fully saturated rings. The largest absolute Gasteiger partial charge is 0.243 e. The molecule has 5 heteroatoms. The van der Waals surface area contributed by atoms with Crippen molar-refractivity contribution in [2.45, 2.75) is 37.1 Å². The topological polar surface area (TPSA) is 37.4 Å². The summed E-state index contributed by atoms with van der Waals surface area (Å²) in [7, 11) is -3.55. The standard InChI is InChI=1S/C18H20FNO2S/c1-14-5-11-17(12-6-14)23(21,22)20-13-3-2-4-18(20)15-7-9-16(19)10-8-15/h5-12,18H,2-4,13H2,1H3/t18-/m0/s1. The molecular formula is C18H20FNO2S. The molecule has 2 aromatic carbocycles. The van der Waals surface area contributed by atoms with E-state index in [-0.39, 0.29) is 11.9 Å². The van der Waals surface area contributed by atoms with Crippen molar-refractivity contribution in [1.82, 2.24) is 4.31 Å². The van der Waals surface area contributed by atoms with E-state index in [1.54, 1.807) is 28.6 Å². The Labute approximate surface area is 136 Å². The molecule has 1 heterocycles. The Bertz CT molecular complexity index is 770. The van der Waals surface area contributed by atoms with Gasteiger partial charge < -0.3 is 0 Å². The number of sulfonamides is 1. The molecule has 122 valence electrons. The number of nitrogens with zero attached hydrogens (tertiary/aromatic N) is 1. The number of halogens is 1. The summed E-state index contributed by atoms with van der Waals surface area (Å²) in [6.07, 6.45) is 2.58. The van der Waals surface area contributed by atoms with Crippen molar-refractivity contribution < 1.29 is 12.8 Å². The van der Waals surface area contributed by atoms with Crippen molar-refractivity contribution in [2.24, 2.45) is 0 Å². The fourth-order valence-corrected chi connectivity index (χ4v) is 4.74. The average molecular weight is 333 g/mol. The molecule has 2 aromatic rings. The molecule has 0 N–H and O–H groups in total. The maximum atomic E-state index is 13.2. The molecule has 0 bridgehead atoms. The Morgan fingerprint density at radius 3 is 2.30 bits per heavy atom. The molecule has 0 unspecified atom stereocenters. The van der Waals surface area contributed by atoms with Crippen LogP contribution in [0.4, 0.5) is 4.39 Å². The highest BCUT2D eigenvalue weighted by Gasteiger charge is 2.34. The van der Waals surface area contributed by atoms with Crippen molar-refractivity contribution in [3.8, 4) is 0 Å². The van der Waals surface area contributed by atoms with Gasteiger partial charge in [-0.2, -0.15) is 4.31 Å². The highest BCUT2D eigenvalue weighted by Crippen LogP contribution is 2.35. The third-order valence-corrected chi connectivity index (χ3v) is 6.26. The first-order chi connectivity index (χ1) is 11.0. The fraction of sp³-hybridized carbons (Fsp3) is 0.333. The number of aryl methyl sites for hydroxylation is 1. The van der Waals surface area contributed by atoms with E-state index in [1.165, 1.54) is 12.1 Å². The monoisotopic (exact) mass is 333 g/mol. The molecule has 1 aliphatic heterocycles. The molecule has 3 rings (SSSR count). The van der Waals surface area contributed by atoms with Crippen LogP contribution in [0.25, 0.3) is 0 Å². The zero-order valence-corrected chi connectivity index (χ0v) is 13.9. The van der Waals surface area contributed by atoms with Gasteiger partial charge in [-0.25, -0.2) is 12.8 Å². The van der Waals surface area contributed by atoms with E-state index in [0.29, 0.717) is 11.4 Å². The van der Waals surface area contributed by atoms with Crippen LogP contribution < -0.4 is 0 Å². The number of hydrogen-bond donors (Lipinski definition) is 0. The normalized spacial score (nSPS) is 19.7. The van der Waals surface area contributed by atoms with Crippen LogP contribution in [-0.4, -0.2) is 19.3 Å². The minimum Gasteiger partial charge on any atom is -0.207 e. The second-order valence-corrected chi connectivity index (χ2v) is 7.88. The molecule has 0 spiro atoms. The summed E-state index contributed by atoms with van der Waals surface area (Å²) in [5.74, 6) is -0.308. The zero-order chi connectivity index (χ0) is 16.4. The number of rotatable bonds is 3. The number of benzene rings is 2. The molecule has 1 atom stereocenters. The molecule has 0 amide bonds. The summed E-state index contributed by atoms with van der Waals surface area (Å²) >= 11 is 0. The van der Waals surface area contributed by atoms with Crippen LogP contribution in [0.3, 0.4) is 0 Å². The molecular weight excluding hydrogens is 313 g/mol. The van der Waals surface area contributed by atoms with Gasteiger partial charge in [0, 0.05) is 6.54 Å². The molecule has 1 saturated heterocycles. The van der Waals surface area contributed by atoms with Crippen molar-refractivity contribution in [3.05, 3.63) is 65.5 Å². The van der Waals surface area contributed by atoms with Crippen LogP contribution >= 0.6 is 0 Å². The highest BCUT2D eigenvalue weighted by molar-refractivity contribution is 7.89. The Hall–Kier alpha value is -1.72. The molecule has 23 heavy (non-hydrogen) atoms. The van der Waals surface area contributed by atoms with E-state index in [2.05, 4.69) is 0 Å². The van der Waals surface area contributed by atoms with Crippen LogP contribution in [0, 0.1) is 12.7 Å². The van der Waals surface area contributed by atoms with Gasteiger partial charge in [-0.3, -0.25) is 0 Å². The SMILES string of the molecule is Cc1ccc(S(=O)(=O)N2CCCC[C@H]2c2ccc(F)cc2)cc1. The minimum atomic E-state index is -3.55. The van der Waals surface area contributed by atoms with E-state index < -0.39 is 10.0 Å². The van der Waals surface area contributed by atoms with Gasteiger partial charge in [0.2, 0.25) is 10.0 Å². The summed E-state index contributed by atoms with van der Waals surface area (Å²) < 4.78 is 40.7. The van der Waals surface area contributed by atoms with Crippen LogP contribution in [0.15, 0.2) is 53.4 Å². The Morgan fingerprint density at radius 2 is 1.65 bits per heavy atom. The van der Waals surface area contributed by atoms with Gasteiger partial charge in [-0.1, -0.05) is 36.2 Å². The second kappa shape index (κ2) is 6.42. The Balaban J connectivity index is 1.97. The van der Waals surface area contributed by atoms with Gasteiger partial charge in [-0.05, 0) is 49.6 Å². The van der Waals surface area contributed by atoms with Gasteiger partial charge in [0.25, 0.3) is 0 Å². The lowest BCUT2D eigenvalue weighted by atomic mass is 9.97. The lowest BCUT2D eigenvalue weighted by molar-refractivity contribution is 0.256. The summed E-state index contributed by atoms with van der Waals surface area (Å²) in [5, 5.41) is 0. The van der Waals surface area contributed by atoms with E-state index in [9.17, 15) is 12.8 Å². The van der Waals surface area contributed by atoms with Crippen LogP contribution in [0.5, 0.6) is 0 Å². The van der Waals surface area contributed by atoms with Gasteiger partial charge in [0.05, 0.1) is 10.9 Å². The lowest BCUT2D eigenvalue weighted by Gasteiger charge is -2.35. The van der Waals surface area contributed by atoms with Gasteiger partial charge in [0.1, 0.15) is 5.82 Å². The summed E-state index contributed by atoms with van der Waals surface area (Å²) in [5.41, 5.74) is 1.87. The lowest BCUT2D eigenvalue weighted by Crippen LogP contribution is -2.38. The maximum absolute atomic E-state index is 13.2. The number of piperidine rings is 1. The molecule has 0 saturated carbocycles. The Morgan fingerprint density at radius 1 is 1.00 bits per heavy atom. The molecule has 0 aromatic heterocycles. The van der Waals surface area contributed by atoms with Gasteiger partial charge in [-0.15, -0.1) is 0 Å². The van der Waals surface area contributed by atoms with Crippen molar-refractivity contribution in [1.29, 1.82) is 0 Å². The van der Waals surface area contributed by atoms with Crippen molar-refractivity contribution >= 4 is 10.0 Å². The number of hydrogen-bond acceptors (Lipinski definition) is 2. The van der Waals surface area contributed by atoms with Gasteiger partial charge in [0.15, 0.2) is 0 Å². The van der Waals surface area contributed by atoms with Crippen LogP contribution in [0.1, 0.15) is 36.4 Å². The summed E-state index contributed by atoms with van der Waals surface area (Å²) in [6, 6.07) is 12.8. The van der Waals surface area contributed by atoms with Crippen LogP contribution in [-0.2, 0) is 10.0 Å². The molecule has 3 nitrogen and oxygen atoms in total. The minimum absolute atomic E-state index is 0.226. The van der Waals surface area contributed by atoms with E-state index in [1.807, 2.05) is 19.1 Å². The van der Waals surface area contributed by atoms with Crippen molar-refractivity contribution in [3.63, 3.8) is 0 Å². The van der Waals surface area contributed by atoms with Crippen molar-refractivity contribution in [2.75, 3.05) is 6.54 Å². The van der Waals surface area contributed by atoms with E-state index in [0.717, 1.165) is 30.4 Å². The first kappa shape index (κ1) is 16.1. The quantitative estimate of drug-likeness (QED) is 0.850. The predicted octanol–water partition coefficient (Wildman–Crippen LogP) is 4.05. The zero-order valence-electron chi connectivity index (χ0n) is 13.1. The Kier molecular flexibility index (Phi) is 4.50. The highest BCUT2D eigenvalue weighted by atomic mass is 32.2. The average Bonchev–Trinajstić information content (AvgIpc) is 2.56.